The summed E-state index contributed by atoms with van der Waals surface area (Å²) in [5.41, 5.74) is 2.76. The molecule has 14 heavy (non-hydrogen) atoms. The quantitative estimate of drug-likeness (QED) is 0.467. The van der Waals surface area contributed by atoms with Crippen LogP contribution in [0, 0.1) is 6.07 Å². The van der Waals surface area contributed by atoms with E-state index in [0.29, 0.717) is 0 Å². The number of hydrogen-bond donors (Lipinski definition) is 0. The first-order chi connectivity index (χ1) is 6.88. The Morgan fingerprint density at radius 3 is 3.00 bits per heavy atom. The van der Waals surface area contributed by atoms with E-state index in [1.54, 1.807) is 0 Å². The van der Waals surface area contributed by atoms with Gasteiger partial charge in [-0.25, -0.2) is 0 Å². The second kappa shape index (κ2) is 6.42. The summed E-state index contributed by atoms with van der Waals surface area (Å²) in [7, 11) is 0. The lowest BCUT2D eigenvalue weighted by atomic mass is 9.99. The van der Waals surface area contributed by atoms with E-state index in [2.05, 4.69) is 31.7 Å². The van der Waals surface area contributed by atoms with Crippen molar-refractivity contribution in [2.45, 2.75) is 39.0 Å². The molecule has 0 unspecified atom stereocenters. The van der Waals surface area contributed by atoms with Crippen LogP contribution in [-0.4, -0.2) is 0 Å². The molecule has 0 atom stereocenters. The monoisotopic (exact) mass is 187 g/mol. The van der Waals surface area contributed by atoms with Crippen molar-refractivity contribution in [1.82, 2.24) is 0 Å². The minimum Gasteiger partial charge on any atom is -0.103 e. The summed E-state index contributed by atoms with van der Waals surface area (Å²) in [4.78, 5) is 0. The maximum atomic E-state index is 3.78. The van der Waals surface area contributed by atoms with E-state index in [1.807, 2.05) is 12.1 Å². The number of benzene rings is 1. The topological polar surface area (TPSA) is 0 Å². The summed E-state index contributed by atoms with van der Waals surface area (Å²) >= 11 is 0. The zero-order chi connectivity index (χ0) is 10.2. The van der Waals surface area contributed by atoms with Crippen LogP contribution in [0.1, 0.15) is 37.3 Å². The van der Waals surface area contributed by atoms with Gasteiger partial charge in [-0.2, -0.15) is 0 Å². The second-order valence-electron chi connectivity index (χ2n) is 3.62. The average Bonchev–Trinajstić information content (AvgIpc) is 2.21. The first-order valence-corrected chi connectivity index (χ1v) is 5.47. The van der Waals surface area contributed by atoms with Crippen molar-refractivity contribution < 1.29 is 0 Å². The highest BCUT2D eigenvalue weighted by Crippen LogP contribution is 2.12. The Balaban J connectivity index is 2.59. The molecule has 0 bridgehead atoms. The molecule has 0 nitrogen and oxygen atoms in total. The standard InChI is InChI=1S/C14H19/c1-3-5-6-10-14-12-8-7-11-13(14)9-4-2/h4,7-8,11H,2-3,5-6,9-10H2,1H3. The van der Waals surface area contributed by atoms with Crippen LogP contribution in [-0.2, 0) is 12.8 Å². The summed E-state index contributed by atoms with van der Waals surface area (Å²) in [5.74, 6) is 0. The number of allylic oxidation sites excluding steroid dienone is 1. The summed E-state index contributed by atoms with van der Waals surface area (Å²) < 4.78 is 0. The van der Waals surface area contributed by atoms with Crippen molar-refractivity contribution in [1.29, 1.82) is 0 Å². The number of rotatable bonds is 6. The van der Waals surface area contributed by atoms with Gasteiger partial charge < -0.3 is 0 Å². The second-order valence-corrected chi connectivity index (χ2v) is 3.62. The molecule has 0 heteroatoms. The van der Waals surface area contributed by atoms with Gasteiger partial charge >= 0.3 is 0 Å². The molecular weight excluding hydrogens is 168 g/mol. The predicted octanol–water partition coefficient (Wildman–Crippen LogP) is 3.95. The third-order valence-corrected chi connectivity index (χ3v) is 2.43. The summed E-state index contributed by atoms with van der Waals surface area (Å²) in [6, 6.07) is 9.58. The van der Waals surface area contributed by atoms with E-state index in [1.165, 1.54) is 30.4 Å². The van der Waals surface area contributed by atoms with Crippen molar-refractivity contribution in [2.24, 2.45) is 0 Å². The van der Waals surface area contributed by atoms with E-state index in [9.17, 15) is 0 Å². The molecule has 0 aliphatic rings. The van der Waals surface area contributed by atoms with Crippen molar-refractivity contribution in [3.63, 3.8) is 0 Å². The van der Waals surface area contributed by atoms with Gasteiger partial charge in [0, 0.05) is 0 Å². The van der Waals surface area contributed by atoms with Crippen LogP contribution in [0.15, 0.2) is 30.9 Å². The normalized spacial score (nSPS) is 10.1. The molecule has 0 fully saturated rings. The number of hydrogen-bond acceptors (Lipinski definition) is 0. The summed E-state index contributed by atoms with van der Waals surface area (Å²) in [5, 5.41) is 0. The van der Waals surface area contributed by atoms with Crippen LogP contribution < -0.4 is 0 Å². The third kappa shape index (κ3) is 3.37. The molecule has 0 aliphatic carbocycles. The molecule has 0 heterocycles. The van der Waals surface area contributed by atoms with E-state index < -0.39 is 0 Å². The highest BCUT2D eigenvalue weighted by atomic mass is 14.0. The zero-order valence-corrected chi connectivity index (χ0v) is 9.05. The summed E-state index contributed by atoms with van der Waals surface area (Å²) in [6.45, 7) is 6.02. The molecule has 1 rings (SSSR count). The molecule has 0 aliphatic heterocycles. The maximum Gasteiger partial charge on any atom is -0.00972 e. The molecule has 75 valence electrons. The van der Waals surface area contributed by atoms with Crippen LogP contribution >= 0.6 is 0 Å². The van der Waals surface area contributed by atoms with E-state index in [4.69, 9.17) is 0 Å². The minimum atomic E-state index is 0.971. The SMILES string of the molecule is C=CCc1ccc[c]c1CCCCC. The largest absolute Gasteiger partial charge is 0.103 e. The first-order valence-electron chi connectivity index (χ1n) is 5.47. The fourth-order valence-electron chi connectivity index (χ4n) is 1.64. The van der Waals surface area contributed by atoms with Gasteiger partial charge in [0.1, 0.15) is 0 Å². The van der Waals surface area contributed by atoms with Crippen molar-refractivity contribution >= 4 is 0 Å². The maximum absolute atomic E-state index is 3.78. The average molecular weight is 187 g/mol. The lowest BCUT2D eigenvalue weighted by Gasteiger charge is -2.06. The van der Waals surface area contributed by atoms with Crippen molar-refractivity contribution in [2.75, 3.05) is 0 Å². The minimum absolute atomic E-state index is 0.971. The molecular formula is C14H19. The van der Waals surface area contributed by atoms with Gasteiger partial charge in [0.2, 0.25) is 0 Å². The van der Waals surface area contributed by atoms with E-state index >= 15 is 0 Å². The van der Waals surface area contributed by atoms with Gasteiger partial charge in [-0.05, 0) is 36.5 Å². The fraction of sp³-hybridized carbons (Fsp3) is 0.429. The first kappa shape index (κ1) is 11.0. The Morgan fingerprint density at radius 2 is 2.29 bits per heavy atom. The van der Waals surface area contributed by atoms with Gasteiger partial charge in [-0.3, -0.25) is 0 Å². The molecule has 0 aromatic heterocycles. The fourth-order valence-corrected chi connectivity index (χ4v) is 1.64. The predicted molar refractivity (Wildman–Crippen MR) is 62.4 cm³/mol. The van der Waals surface area contributed by atoms with Gasteiger partial charge in [-0.15, -0.1) is 6.58 Å². The van der Waals surface area contributed by atoms with E-state index in [0.717, 1.165) is 12.8 Å². The lowest BCUT2D eigenvalue weighted by molar-refractivity contribution is 0.714. The van der Waals surface area contributed by atoms with Gasteiger partial charge in [0.05, 0.1) is 0 Å². The Morgan fingerprint density at radius 1 is 1.43 bits per heavy atom. The van der Waals surface area contributed by atoms with Crippen molar-refractivity contribution in [3.8, 4) is 0 Å². The summed E-state index contributed by atoms with van der Waals surface area (Å²) in [6.07, 6.45) is 7.98. The zero-order valence-electron chi connectivity index (χ0n) is 9.05. The van der Waals surface area contributed by atoms with Crippen LogP contribution in [0.2, 0.25) is 0 Å². The number of aryl methyl sites for hydroxylation is 1. The molecule has 0 amide bonds. The molecule has 0 saturated heterocycles. The Bertz CT molecular complexity index is 273. The molecule has 0 saturated carbocycles. The van der Waals surface area contributed by atoms with Crippen LogP contribution in [0.25, 0.3) is 0 Å². The van der Waals surface area contributed by atoms with Gasteiger partial charge in [-0.1, -0.05) is 44.0 Å². The molecule has 1 aromatic carbocycles. The highest BCUT2D eigenvalue weighted by Gasteiger charge is 1.99. The Labute approximate surface area is 87.7 Å². The van der Waals surface area contributed by atoms with Gasteiger partial charge in [0.25, 0.3) is 0 Å². The van der Waals surface area contributed by atoms with Gasteiger partial charge in [0.15, 0.2) is 0 Å². The van der Waals surface area contributed by atoms with Crippen molar-refractivity contribution in [3.05, 3.63) is 48.0 Å². The van der Waals surface area contributed by atoms with Crippen LogP contribution in [0.3, 0.4) is 0 Å². The third-order valence-electron chi connectivity index (χ3n) is 2.43. The smallest absolute Gasteiger partial charge is 0.00972 e. The molecule has 1 radical (unpaired) electrons. The van der Waals surface area contributed by atoms with Crippen LogP contribution in [0.5, 0.6) is 0 Å². The molecule has 0 spiro atoms. The lowest BCUT2D eigenvalue weighted by Crippen LogP contribution is -1.93. The van der Waals surface area contributed by atoms with Crippen LogP contribution in [0.4, 0.5) is 0 Å². The molecule has 1 aromatic rings. The Hall–Kier alpha value is -1.04. The molecule has 0 N–H and O–H groups in total. The number of unbranched alkanes of at least 4 members (excludes halogenated alkanes) is 2. The van der Waals surface area contributed by atoms with E-state index in [-0.39, 0.29) is 0 Å². The highest BCUT2D eigenvalue weighted by molar-refractivity contribution is 5.27. The Kier molecular flexibility index (Phi) is 5.06.